The van der Waals surface area contributed by atoms with Crippen LogP contribution < -0.4 is 0 Å². The summed E-state index contributed by atoms with van der Waals surface area (Å²) in [5.74, 6) is 1.09. The van der Waals surface area contributed by atoms with E-state index in [-0.39, 0.29) is 10.8 Å². The van der Waals surface area contributed by atoms with Crippen molar-refractivity contribution in [1.82, 2.24) is 0 Å². The van der Waals surface area contributed by atoms with E-state index in [4.69, 9.17) is 11.6 Å². The molecule has 0 aliphatic carbocycles. The SMILES string of the molecule is CC(C)(C)c1c(O)ccc(CCCCl)c1C(C)(C)C. The Morgan fingerprint density at radius 2 is 1.47 bits per heavy atom. The van der Waals surface area contributed by atoms with Crippen LogP contribution in [-0.2, 0) is 17.3 Å². The summed E-state index contributed by atoms with van der Waals surface area (Å²) in [5, 5.41) is 10.3. The highest BCUT2D eigenvalue weighted by atomic mass is 35.5. The highest BCUT2D eigenvalue weighted by Gasteiger charge is 2.30. The first-order valence-electron chi connectivity index (χ1n) is 7.01. The number of aryl methyl sites for hydroxylation is 1. The summed E-state index contributed by atoms with van der Waals surface area (Å²) in [7, 11) is 0. The zero-order valence-corrected chi connectivity index (χ0v) is 13.9. The molecular weight excluding hydrogens is 256 g/mol. The average Bonchev–Trinajstić information content (AvgIpc) is 2.24. The lowest BCUT2D eigenvalue weighted by atomic mass is 9.72. The maximum absolute atomic E-state index is 10.3. The summed E-state index contributed by atoms with van der Waals surface area (Å²) in [5.41, 5.74) is 3.63. The quantitative estimate of drug-likeness (QED) is 0.759. The third-order valence-electron chi connectivity index (χ3n) is 3.35. The Balaban J connectivity index is 3.52. The van der Waals surface area contributed by atoms with E-state index in [9.17, 15) is 5.11 Å². The van der Waals surface area contributed by atoms with Gasteiger partial charge in [0.25, 0.3) is 0 Å². The number of hydrogen-bond donors (Lipinski definition) is 1. The van der Waals surface area contributed by atoms with Crippen LogP contribution in [0.3, 0.4) is 0 Å². The van der Waals surface area contributed by atoms with Crippen molar-refractivity contribution in [1.29, 1.82) is 0 Å². The molecule has 0 atom stereocenters. The van der Waals surface area contributed by atoms with Gasteiger partial charge in [0.15, 0.2) is 0 Å². The first-order valence-corrected chi connectivity index (χ1v) is 7.54. The van der Waals surface area contributed by atoms with Gasteiger partial charge in [-0.25, -0.2) is 0 Å². The molecule has 1 aromatic carbocycles. The molecular formula is C17H27ClO. The fourth-order valence-corrected chi connectivity index (χ4v) is 2.85. The van der Waals surface area contributed by atoms with Crippen LogP contribution >= 0.6 is 11.6 Å². The minimum absolute atomic E-state index is 0.0169. The van der Waals surface area contributed by atoms with E-state index in [1.54, 1.807) is 0 Å². The Kier molecular flexibility index (Phi) is 4.95. The van der Waals surface area contributed by atoms with Crippen molar-refractivity contribution in [3.05, 3.63) is 28.8 Å². The van der Waals surface area contributed by atoms with Crippen molar-refractivity contribution in [3.63, 3.8) is 0 Å². The molecule has 0 aromatic heterocycles. The Morgan fingerprint density at radius 3 is 1.89 bits per heavy atom. The third kappa shape index (κ3) is 3.89. The van der Waals surface area contributed by atoms with Gasteiger partial charge in [0, 0.05) is 11.4 Å². The second-order valence-corrected chi connectivity index (χ2v) is 7.66. The molecule has 19 heavy (non-hydrogen) atoms. The number of hydrogen-bond acceptors (Lipinski definition) is 1. The smallest absolute Gasteiger partial charge is 0.119 e. The van der Waals surface area contributed by atoms with Crippen molar-refractivity contribution in [2.45, 2.75) is 65.2 Å². The van der Waals surface area contributed by atoms with Gasteiger partial charge < -0.3 is 5.11 Å². The number of phenolic OH excluding ortho intramolecular Hbond substituents is 1. The van der Waals surface area contributed by atoms with Gasteiger partial charge in [-0.05, 0) is 40.9 Å². The molecule has 0 bridgehead atoms. The van der Waals surface area contributed by atoms with E-state index in [1.165, 1.54) is 11.1 Å². The molecule has 0 saturated carbocycles. The predicted octanol–water partition coefficient (Wildman–Crippen LogP) is 5.16. The van der Waals surface area contributed by atoms with Gasteiger partial charge in [-0.1, -0.05) is 47.6 Å². The summed E-state index contributed by atoms with van der Waals surface area (Å²) in [6, 6.07) is 3.89. The van der Waals surface area contributed by atoms with Gasteiger partial charge in [-0.15, -0.1) is 11.6 Å². The van der Waals surface area contributed by atoms with Gasteiger partial charge in [0.05, 0.1) is 0 Å². The maximum atomic E-state index is 10.3. The predicted molar refractivity (Wildman–Crippen MR) is 84.5 cm³/mol. The van der Waals surface area contributed by atoms with Crippen LogP contribution in [0, 0.1) is 0 Å². The van der Waals surface area contributed by atoms with Crippen LogP contribution in [0.1, 0.15) is 64.7 Å². The number of halogens is 1. The zero-order valence-electron chi connectivity index (χ0n) is 13.1. The van der Waals surface area contributed by atoms with Crippen molar-refractivity contribution < 1.29 is 5.11 Å². The molecule has 2 heteroatoms. The van der Waals surface area contributed by atoms with E-state index < -0.39 is 0 Å². The molecule has 1 nitrogen and oxygen atoms in total. The Labute approximate surface area is 123 Å². The normalized spacial score (nSPS) is 12.8. The maximum Gasteiger partial charge on any atom is 0.119 e. The van der Waals surface area contributed by atoms with Crippen molar-refractivity contribution in [2.75, 3.05) is 5.88 Å². The van der Waals surface area contributed by atoms with Gasteiger partial charge in [-0.2, -0.15) is 0 Å². The molecule has 0 unspecified atom stereocenters. The average molecular weight is 283 g/mol. The molecule has 0 fully saturated rings. The molecule has 0 heterocycles. The van der Waals surface area contributed by atoms with E-state index >= 15 is 0 Å². The standard InChI is InChI=1S/C17H27ClO/c1-16(2,3)14-12(8-7-11-18)9-10-13(19)15(14)17(4,5)6/h9-10,19H,7-8,11H2,1-6H3. The molecule has 0 aliphatic heterocycles. The fourth-order valence-electron chi connectivity index (χ4n) is 2.72. The molecule has 1 aromatic rings. The third-order valence-corrected chi connectivity index (χ3v) is 3.62. The number of alkyl halides is 1. The lowest BCUT2D eigenvalue weighted by molar-refractivity contribution is 0.433. The van der Waals surface area contributed by atoms with Crippen LogP contribution in [0.15, 0.2) is 12.1 Å². The lowest BCUT2D eigenvalue weighted by Gasteiger charge is -2.33. The summed E-state index contributed by atoms with van der Waals surface area (Å²) in [6.07, 6.45) is 1.94. The van der Waals surface area contributed by atoms with Crippen LogP contribution in [0.25, 0.3) is 0 Å². The summed E-state index contributed by atoms with van der Waals surface area (Å²) < 4.78 is 0. The van der Waals surface area contributed by atoms with Gasteiger partial charge >= 0.3 is 0 Å². The van der Waals surface area contributed by atoms with E-state index in [0.717, 1.165) is 18.4 Å². The van der Waals surface area contributed by atoms with Crippen molar-refractivity contribution in [3.8, 4) is 5.75 Å². The second kappa shape index (κ2) is 5.75. The number of benzene rings is 1. The highest BCUT2D eigenvalue weighted by molar-refractivity contribution is 6.17. The number of aromatic hydroxyl groups is 1. The molecule has 0 aliphatic rings. The number of rotatable bonds is 3. The van der Waals surface area contributed by atoms with Crippen LogP contribution in [0.2, 0.25) is 0 Å². The molecule has 108 valence electrons. The van der Waals surface area contributed by atoms with Crippen molar-refractivity contribution in [2.24, 2.45) is 0 Å². The van der Waals surface area contributed by atoms with Gasteiger partial charge in [0.2, 0.25) is 0 Å². The highest BCUT2D eigenvalue weighted by Crippen LogP contribution is 2.41. The summed E-state index contributed by atoms with van der Waals surface area (Å²) >= 11 is 5.83. The zero-order chi connectivity index (χ0) is 14.8. The van der Waals surface area contributed by atoms with Crippen LogP contribution in [0.5, 0.6) is 5.75 Å². The van der Waals surface area contributed by atoms with E-state index in [2.05, 4.69) is 47.6 Å². The van der Waals surface area contributed by atoms with Gasteiger partial charge in [-0.3, -0.25) is 0 Å². The Morgan fingerprint density at radius 1 is 0.947 bits per heavy atom. The molecule has 0 saturated heterocycles. The Bertz CT molecular complexity index is 436. The minimum Gasteiger partial charge on any atom is -0.508 e. The Hall–Kier alpha value is -0.690. The largest absolute Gasteiger partial charge is 0.508 e. The molecule has 0 amide bonds. The first-order chi connectivity index (χ1) is 8.59. The van der Waals surface area contributed by atoms with Gasteiger partial charge in [0.1, 0.15) is 5.75 Å². The number of phenols is 1. The monoisotopic (exact) mass is 282 g/mol. The van der Waals surface area contributed by atoms with Crippen molar-refractivity contribution >= 4 is 11.6 Å². The fraction of sp³-hybridized carbons (Fsp3) is 0.647. The van der Waals surface area contributed by atoms with E-state index in [0.29, 0.717) is 11.6 Å². The first kappa shape index (κ1) is 16.4. The summed E-state index contributed by atoms with van der Waals surface area (Å²) in [6.45, 7) is 13.1. The summed E-state index contributed by atoms with van der Waals surface area (Å²) in [4.78, 5) is 0. The van der Waals surface area contributed by atoms with E-state index in [1.807, 2.05) is 6.07 Å². The molecule has 0 radical (unpaired) electrons. The second-order valence-electron chi connectivity index (χ2n) is 7.29. The molecule has 1 N–H and O–H groups in total. The minimum atomic E-state index is -0.0658. The molecule has 0 spiro atoms. The van der Waals surface area contributed by atoms with Crippen LogP contribution in [-0.4, -0.2) is 11.0 Å². The molecule has 1 rings (SSSR count). The van der Waals surface area contributed by atoms with Crippen LogP contribution in [0.4, 0.5) is 0 Å². The topological polar surface area (TPSA) is 20.2 Å². The lowest BCUT2D eigenvalue weighted by Crippen LogP contribution is -2.24.